The van der Waals surface area contributed by atoms with E-state index in [4.69, 9.17) is 0 Å². The number of carbonyl (C=O) groups is 1. The molecular formula is C13H7F7N4O. The van der Waals surface area contributed by atoms with Crippen molar-refractivity contribution in [3.05, 3.63) is 53.4 Å². The predicted octanol–water partition coefficient (Wildman–Crippen LogP) is 3.81. The Hall–Kier alpha value is -3.05. The average Bonchev–Trinajstić information content (AvgIpc) is 2.52. The Labute approximate surface area is 134 Å². The molecule has 0 bridgehead atoms. The summed E-state index contributed by atoms with van der Waals surface area (Å²) < 4.78 is 90.7. The standard InChI is InChI=1S/C13H7F7N4O/c14-7-9(8(15)11(17)22-10(7)16)23-24-12(25)21-6-4-2-1-3-5(6)13(18,19)20/h1-4H,(H,22,23)(H2,21,24,25). The second-order valence-electron chi connectivity index (χ2n) is 4.44. The van der Waals surface area contributed by atoms with Crippen LogP contribution in [0, 0.1) is 23.5 Å². The van der Waals surface area contributed by atoms with E-state index in [0.29, 0.717) is 6.07 Å². The van der Waals surface area contributed by atoms with Gasteiger partial charge < -0.3 is 5.32 Å². The number of hydrogen-bond acceptors (Lipinski definition) is 3. The summed E-state index contributed by atoms with van der Waals surface area (Å²) in [5.41, 5.74) is -0.159. The fraction of sp³-hybridized carbons (Fsp3) is 0.0769. The number of hydrazine groups is 1. The van der Waals surface area contributed by atoms with E-state index in [1.165, 1.54) is 11.5 Å². The van der Waals surface area contributed by atoms with Crippen LogP contribution in [-0.2, 0) is 6.18 Å². The van der Waals surface area contributed by atoms with Gasteiger partial charge in [-0.15, -0.1) is 0 Å². The molecule has 25 heavy (non-hydrogen) atoms. The lowest BCUT2D eigenvalue weighted by Crippen LogP contribution is -2.35. The number of benzene rings is 1. The quantitative estimate of drug-likeness (QED) is 0.439. The van der Waals surface area contributed by atoms with Gasteiger partial charge in [0.2, 0.25) is 11.6 Å². The minimum atomic E-state index is -4.77. The minimum absolute atomic E-state index is 0.651. The molecule has 3 N–H and O–H groups in total. The number of nitrogens with zero attached hydrogens (tertiary/aromatic N) is 1. The molecule has 0 aliphatic heterocycles. The zero-order valence-corrected chi connectivity index (χ0v) is 11.8. The summed E-state index contributed by atoms with van der Waals surface area (Å²) in [6, 6.07) is 2.52. The van der Waals surface area contributed by atoms with Gasteiger partial charge in [-0.3, -0.25) is 10.9 Å². The van der Waals surface area contributed by atoms with Gasteiger partial charge in [0.05, 0.1) is 11.3 Å². The van der Waals surface area contributed by atoms with Crippen molar-refractivity contribution < 1.29 is 35.5 Å². The van der Waals surface area contributed by atoms with Gasteiger partial charge in [0.1, 0.15) is 5.69 Å². The van der Waals surface area contributed by atoms with Crippen molar-refractivity contribution in [2.45, 2.75) is 6.18 Å². The number of urea groups is 1. The summed E-state index contributed by atoms with van der Waals surface area (Å²) >= 11 is 0. The Morgan fingerprint density at radius 3 is 2.08 bits per heavy atom. The number of carbonyl (C=O) groups excluding carboxylic acids is 1. The molecule has 2 rings (SSSR count). The number of halogens is 7. The molecule has 134 valence electrons. The molecule has 1 aromatic heterocycles. The lowest BCUT2D eigenvalue weighted by Gasteiger charge is -2.15. The Kier molecular flexibility index (Phi) is 4.99. The third-order valence-corrected chi connectivity index (χ3v) is 2.78. The molecule has 0 spiro atoms. The molecule has 12 heteroatoms. The largest absolute Gasteiger partial charge is 0.418 e. The minimum Gasteiger partial charge on any atom is -0.306 e. The lowest BCUT2D eigenvalue weighted by atomic mass is 10.1. The maximum Gasteiger partial charge on any atom is 0.418 e. The first kappa shape index (κ1) is 18.3. The van der Waals surface area contributed by atoms with Crippen molar-refractivity contribution in [2.24, 2.45) is 0 Å². The van der Waals surface area contributed by atoms with Crippen molar-refractivity contribution in [2.75, 3.05) is 10.7 Å². The second kappa shape index (κ2) is 6.83. The van der Waals surface area contributed by atoms with Crippen LogP contribution in [0.1, 0.15) is 5.56 Å². The fourth-order valence-corrected chi connectivity index (χ4v) is 1.71. The first-order valence-electron chi connectivity index (χ1n) is 6.30. The van der Waals surface area contributed by atoms with Crippen molar-refractivity contribution >= 4 is 17.4 Å². The molecule has 0 saturated heterocycles. The van der Waals surface area contributed by atoms with Crippen LogP contribution in [0.2, 0.25) is 0 Å². The van der Waals surface area contributed by atoms with Gasteiger partial charge in [-0.1, -0.05) is 12.1 Å². The summed E-state index contributed by atoms with van der Waals surface area (Å²) in [7, 11) is 0. The van der Waals surface area contributed by atoms with Crippen molar-refractivity contribution in [1.82, 2.24) is 10.4 Å². The highest BCUT2D eigenvalue weighted by Gasteiger charge is 2.33. The van der Waals surface area contributed by atoms with Gasteiger partial charge in [0, 0.05) is 0 Å². The number of para-hydroxylation sites is 1. The van der Waals surface area contributed by atoms with Gasteiger partial charge in [-0.25, -0.2) is 4.79 Å². The van der Waals surface area contributed by atoms with Crippen molar-refractivity contribution in [3.63, 3.8) is 0 Å². The van der Waals surface area contributed by atoms with Crippen LogP contribution in [0.15, 0.2) is 24.3 Å². The number of rotatable bonds is 3. The van der Waals surface area contributed by atoms with E-state index < -0.39 is 52.7 Å². The van der Waals surface area contributed by atoms with Crippen molar-refractivity contribution in [1.29, 1.82) is 0 Å². The van der Waals surface area contributed by atoms with Crippen LogP contribution in [0.3, 0.4) is 0 Å². The number of anilines is 2. The highest BCUT2D eigenvalue weighted by molar-refractivity contribution is 5.91. The van der Waals surface area contributed by atoms with Crippen LogP contribution < -0.4 is 16.2 Å². The molecule has 0 radical (unpaired) electrons. The Bertz CT molecular complexity index is 783. The van der Waals surface area contributed by atoms with Gasteiger partial charge in [0.25, 0.3) is 11.9 Å². The molecule has 2 aromatic rings. The highest BCUT2D eigenvalue weighted by atomic mass is 19.4. The summed E-state index contributed by atoms with van der Waals surface area (Å²) in [5, 5.41) is 1.77. The van der Waals surface area contributed by atoms with Crippen LogP contribution in [0.25, 0.3) is 0 Å². The normalized spacial score (nSPS) is 11.2. The Morgan fingerprint density at radius 1 is 0.960 bits per heavy atom. The number of hydrogen-bond donors (Lipinski definition) is 3. The van der Waals surface area contributed by atoms with E-state index in [1.807, 2.05) is 0 Å². The molecule has 0 aliphatic rings. The van der Waals surface area contributed by atoms with Crippen LogP contribution in [-0.4, -0.2) is 11.0 Å². The van der Waals surface area contributed by atoms with Gasteiger partial charge in [0.15, 0.2) is 0 Å². The summed E-state index contributed by atoms with van der Waals surface area (Å²) in [6.07, 6.45) is -4.77. The smallest absolute Gasteiger partial charge is 0.306 e. The highest BCUT2D eigenvalue weighted by Crippen LogP contribution is 2.34. The number of pyridine rings is 1. The van der Waals surface area contributed by atoms with E-state index >= 15 is 0 Å². The molecule has 0 aliphatic carbocycles. The maximum atomic E-state index is 13.3. The molecule has 1 heterocycles. The van der Waals surface area contributed by atoms with E-state index in [-0.39, 0.29) is 0 Å². The third-order valence-electron chi connectivity index (χ3n) is 2.78. The monoisotopic (exact) mass is 368 g/mol. The van der Waals surface area contributed by atoms with Crippen LogP contribution in [0.4, 0.5) is 46.9 Å². The molecule has 2 amide bonds. The number of amides is 2. The van der Waals surface area contributed by atoms with E-state index in [9.17, 15) is 35.5 Å². The van der Waals surface area contributed by atoms with Gasteiger partial charge in [-0.2, -0.15) is 35.7 Å². The van der Waals surface area contributed by atoms with E-state index in [1.54, 1.807) is 10.7 Å². The summed E-state index contributed by atoms with van der Waals surface area (Å²) in [5.74, 6) is -7.83. The van der Waals surface area contributed by atoms with Gasteiger partial charge in [-0.05, 0) is 12.1 Å². The molecule has 0 unspecified atom stereocenters. The number of aromatic nitrogens is 1. The SMILES string of the molecule is O=C(NNc1c(F)c(F)nc(F)c1F)Nc1ccccc1C(F)(F)F. The molecular weight excluding hydrogens is 361 g/mol. The van der Waals surface area contributed by atoms with Crippen LogP contribution in [0.5, 0.6) is 0 Å². The zero-order chi connectivity index (χ0) is 18.8. The zero-order valence-electron chi connectivity index (χ0n) is 11.8. The van der Waals surface area contributed by atoms with Gasteiger partial charge >= 0.3 is 12.2 Å². The van der Waals surface area contributed by atoms with Crippen LogP contribution >= 0.6 is 0 Å². The van der Waals surface area contributed by atoms with E-state index in [2.05, 4.69) is 4.98 Å². The molecule has 0 fully saturated rings. The third kappa shape index (κ3) is 4.08. The average molecular weight is 368 g/mol. The first-order chi connectivity index (χ1) is 11.6. The summed E-state index contributed by atoms with van der Waals surface area (Å²) in [4.78, 5) is 13.8. The molecule has 0 atom stereocenters. The first-order valence-corrected chi connectivity index (χ1v) is 6.30. The molecule has 0 saturated carbocycles. The van der Waals surface area contributed by atoms with E-state index in [0.717, 1.165) is 12.1 Å². The number of nitrogens with one attached hydrogen (secondary N) is 3. The topological polar surface area (TPSA) is 66.0 Å². The van der Waals surface area contributed by atoms with Crippen molar-refractivity contribution in [3.8, 4) is 0 Å². The second-order valence-corrected chi connectivity index (χ2v) is 4.44. The molecule has 1 aromatic carbocycles. The predicted molar refractivity (Wildman–Crippen MR) is 71.3 cm³/mol. The number of alkyl halides is 3. The Balaban J connectivity index is 2.14. The fourth-order valence-electron chi connectivity index (χ4n) is 1.71. The molecule has 5 nitrogen and oxygen atoms in total. The lowest BCUT2D eigenvalue weighted by molar-refractivity contribution is -0.136. The summed E-state index contributed by atoms with van der Waals surface area (Å²) in [6.45, 7) is 0. The maximum absolute atomic E-state index is 13.3. The Morgan fingerprint density at radius 2 is 1.52 bits per heavy atom.